The van der Waals surface area contributed by atoms with Crippen LogP contribution in [0.5, 0.6) is 0 Å². The molecule has 0 aromatic carbocycles. The molecule has 1 aliphatic heterocycles. The van der Waals surface area contributed by atoms with Crippen LogP contribution in [0.15, 0.2) is 47.2 Å². The van der Waals surface area contributed by atoms with Gasteiger partial charge >= 0.3 is 0 Å². The molecule has 0 unspecified atom stereocenters. The number of nitrogens with one attached hydrogen (secondary N) is 2. The first-order valence-corrected chi connectivity index (χ1v) is 10.9. The molecule has 0 saturated carbocycles. The molecule has 7 nitrogen and oxygen atoms in total. The number of carbonyl (C=O) groups is 2. The number of nitrogens with zero attached hydrogens (tertiary/aromatic N) is 2. The van der Waals surface area contributed by atoms with Gasteiger partial charge in [-0.05, 0) is 56.0 Å². The minimum atomic E-state index is -0.338. The van der Waals surface area contributed by atoms with Crippen LogP contribution in [-0.2, 0) is 6.54 Å². The average Bonchev–Trinajstić information content (AvgIpc) is 3.43. The van der Waals surface area contributed by atoms with Gasteiger partial charge in [-0.3, -0.25) is 9.59 Å². The fraction of sp³-hybridized carbons (Fsp3) is 0.318. The number of anilines is 2. The number of hydrogen-bond acceptors (Lipinski definition) is 6. The minimum Gasteiger partial charge on any atom is -0.459 e. The van der Waals surface area contributed by atoms with Crippen LogP contribution in [0.4, 0.5) is 10.8 Å². The van der Waals surface area contributed by atoms with Gasteiger partial charge in [0.05, 0.1) is 16.1 Å². The summed E-state index contributed by atoms with van der Waals surface area (Å²) in [5.74, 6) is 0.680. The van der Waals surface area contributed by atoms with Crippen LogP contribution in [0.1, 0.15) is 50.6 Å². The third-order valence-electron chi connectivity index (χ3n) is 5.07. The van der Waals surface area contributed by atoms with Crippen molar-refractivity contribution >= 4 is 34.0 Å². The normalized spacial score (nSPS) is 13.8. The second-order valence-corrected chi connectivity index (χ2v) is 8.32. The maximum atomic E-state index is 12.8. The molecule has 0 atom stereocenters. The molecule has 30 heavy (non-hydrogen) atoms. The molecule has 156 valence electrons. The largest absolute Gasteiger partial charge is 0.459 e. The number of piperidine rings is 1. The number of aromatic nitrogens is 1. The molecular weight excluding hydrogens is 400 g/mol. The Morgan fingerprint density at radius 1 is 1.17 bits per heavy atom. The van der Waals surface area contributed by atoms with E-state index in [-0.39, 0.29) is 17.6 Å². The van der Waals surface area contributed by atoms with Crippen LogP contribution in [0.2, 0.25) is 0 Å². The molecular formula is C22H24N4O3S. The smallest absolute Gasteiger partial charge is 0.291 e. The summed E-state index contributed by atoms with van der Waals surface area (Å²) < 4.78 is 5.10. The van der Waals surface area contributed by atoms with Gasteiger partial charge in [-0.25, -0.2) is 4.98 Å². The summed E-state index contributed by atoms with van der Waals surface area (Å²) >= 11 is 1.25. The third kappa shape index (κ3) is 4.54. The van der Waals surface area contributed by atoms with Crippen LogP contribution in [-0.4, -0.2) is 29.9 Å². The first kappa shape index (κ1) is 20.2. The molecule has 4 heterocycles. The molecule has 2 N–H and O–H groups in total. The van der Waals surface area contributed by atoms with Gasteiger partial charge in [0.15, 0.2) is 5.76 Å². The van der Waals surface area contributed by atoms with Gasteiger partial charge < -0.3 is 20.0 Å². The molecule has 4 rings (SSSR count). The van der Waals surface area contributed by atoms with E-state index in [9.17, 15) is 9.59 Å². The Labute approximate surface area is 179 Å². The predicted octanol–water partition coefficient (Wildman–Crippen LogP) is 4.22. The summed E-state index contributed by atoms with van der Waals surface area (Å²) in [6.45, 7) is 4.27. The zero-order valence-electron chi connectivity index (χ0n) is 16.8. The monoisotopic (exact) mass is 424 g/mol. The summed E-state index contributed by atoms with van der Waals surface area (Å²) in [4.78, 5) is 32.4. The molecule has 8 heteroatoms. The van der Waals surface area contributed by atoms with Gasteiger partial charge in [-0.15, -0.1) is 11.3 Å². The number of carbonyl (C=O) groups excluding carboxylic acids is 2. The van der Waals surface area contributed by atoms with Crippen LogP contribution in [0.3, 0.4) is 0 Å². The summed E-state index contributed by atoms with van der Waals surface area (Å²) in [6, 6.07) is 8.95. The second-order valence-electron chi connectivity index (χ2n) is 7.27. The zero-order valence-corrected chi connectivity index (χ0v) is 17.6. The number of thiophene rings is 1. The van der Waals surface area contributed by atoms with Crippen molar-refractivity contribution in [3.05, 3.63) is 64.6 Å². The number of amides is 2. The van der Waals surface area contributed by atoms with E-state index in [0.29, 0.717) is 16.4 Å². The highest BCUT2D eigenvalue weighted by atomic mass is 32.1. The SMILES string of the molecule is Cc1cc(NC(=O)c2ccco2)sc1C(=O)NCc1cccnc1N1CCCCC1. The van der Waals surface area contributed by atoms with E-state index in [1.54, 1.807) is 24.4 Å². The number of pyridine rings is 1. The van der Waals surface area contributed by atoms with Crippen LogP contribution in [0, 0.1) is 6.92 Å². The third-order valence-corrected chi connectivity index (χ3v) is 6.22. The van der Waals surface area contributed by atoms with Gasteiger partial charge in [0.25, 0.3) is 11.8 Å². The molecule has 0 bridgehead atoms. The summed E-state index contributed by atoms with van der Waals surface area (Å²) in [6.07, 6.45) is 6.84. The number of hydrogen-bond donors (Lipinski definition) is 2. The van der Waals surface area contributed by atoms with E-state index in [2.05, 4.69) is 20.5 Å². The summed E-state index contributed by atoms with van der Waals surface area (Å²) in [5.41, 5.74) is 1.82. The fourth-order valence-electron chi connectivity index (χ4n) is 3.56. The van der Waals surface area contributed by atoms with Crippen molar-refractivity contribution in [2.75, 3.05) is 23.3 Å². The molecule has 0 aliphatic carbocycles. The van der Waals surface area contributed by atoms with Gasteiger partial charge in [0.2, 0.25) is 0 Å². The maximum absolute atomic E-state index is 12.8. The molecule has 1 fully saturated rings. The number of rotatable bonds is 6. The lowest BCUT2D eigenvalue weighted by molar-refractivity contribution is 0.0953. The van der Waals surface area contributed by atoms with Crippen LogP contribution in [0.25, 0.3) is 0 Å². The van der Waals surface area contributed by atoms with Gasteiger partial charge in [0, 0.05) is 31.4 Å². The van der Waals surface area contributed by atoms with E-state index < -0.39 is 0 Å². The van der Waals surface area contributed by atoms with Crippen LogP contribution < -0.4 is 15.5 Å². The first-order valence-electron chi connectivity index (χ1n) is 10.0. The van der Waals surface area contributed by atoms with Crippen LogP contribution >= 0.6 is 11.3 Å². The zero-order chi connectivity index (χ0) is 20.9. The Morgan fingerprint density at radius 2 is 2.00 bits per heavy atom. The maximum Gasteiger partial charge on any atom is 0.291 e. The Morgan fingerprint density at radius 3 is 2.77 bits per heavy atom. The highest BCUT2D eigenvalue weighted by Crippen LogP contribution is 2.27. The van der Waals surface area contributed by atoms with Crippen molar-refractivity contribution in [1.82, 2.24) is 10.3 Å². The molecule has 1 aliphatic rings. The standard InChI is InChI=1S/C22H24N4O3S/c1-15-13-18(25-21(27)17-8-6-12-29-17)30-19(15)22(28)24-14-16-7-5-9-23-20(16)26-10-3-2-4-11-26/h5-9,12-13H,2-4,10-11,14H2,1H3,(H,24,28)(H,25,27). The van der Waals surface area contributed by atoms with Crippen molar-refractivity contribution < 1.29 is 14.0 Å². The number of furan rings is 1. The Balaban J connectivity index is 1.41. The Kier molecular flexibility index (Phi) is 6.13. The Hall–Kier alpha value is -3.13. The van der Waals surface area contributed by atoms with E-state index in [1.165, 1.54) is 36.9 Å². The lowest BCUT2D eigenvalue weighted by Crippen LogP contribution is -2.32. The highest BCUT2D eigenvalue weighted by molar-refractivity contribution is 7.18. The Bertz CT molecular complexity index is 1020. The van der Waals surface area contributed by atoms with Gasteiger partial charge in [-0.1, -0.05) is 6.07 Å². The van der Waals surface area contributed by atoms with E-state index in [0.717, 1.165) is 30.0 Å². The average molecular weight is 425 g/mol. The predicted molar refractivity (Wildman–Crippen MR) is 117 cm³/mol. The van der Waals surface area contributed by atoms with Crippen molar-refractivity contribution in [2.45, 2.75) is 32.7 Å². The first-order chi connectivity index (χ1) is 14.6. The summed E-state index contributed by atoms with van der Waals surface area (Å²) in [7, 11) is 0. The van der Waals surface area contributed by atoms with Crippen molar-refractivity contribution in [3.8, 4) is 0 Å². The second kappa shape index (κ2) is 9.13. The molecule has 1 saturated heterocycles. The fourth-order valence-corrected chi connectivity index (χ4v) is 4.55. The minimum absolute atomic E-state index is 0.163. The van der Waals surface area contributed by atoms with Gasteiger partial charge in [-0.2, -0.15) is 0 Å². The van der Waals surface area contributed by atoms with E-state index in [4.69, 9.17) is 4.42 Å². The topological polar surface area (TPSA) is 87.5 Å². The molecule has 0 spiro atoms. The molecule has 2 amide bonds. The quantitative estimate of drug-likeness (QED) is 0.619. The van der Waals surface area contributed by atoms with Gasteiger partial charge in [0.1, 0.15) is 5.82 Å². The molecule has 0 radical (unpaired) electrons. The molecule has 3 aromatic rings. The van der Waals surface area contributed by atoms with Crippen molar-refractivity contribution in [3.63, 3.8) is 0 Å². The summed E-state index contributed by atoms with van der Waals surface area (Å²) in [5, 5.41) is 6.38. The van der Waals surface area contributed by atoms with Crippen molar-refractivity contribution in [1.29, 1.82) is 0 Å². The lowest BCUT2D eigenvalue weighted by Gasteiger charge is -2.29. The van der Waals surface area contributed by atoms with E-state index >= 15 is 0 Å². The highest BCUT2D eigenvalue weighted by Gasteiger charge is 2.19. The lowest BCUT2D eigenvalue weighted by atomic mass is 10.1. The van der Waals surface area contributed by atoms with Crippen molar-refractivity contribution in [2.24, 2.45) is 0 Å². The number of aryl methyl sites for hydroxylation is 1. The van der Waals surface area contributed by atoms with E-state index in [1.807, 2.05) is 19.1 Å². The molecule has 3 aromatic heterocycles.